The van der Waals surface area contributed by atoms with Gasteiger partial charge >= 0.3 is 0 Å². The smallest absolute Gasteiger partial charge is 0.144 e. The van der Waals surface area contributed by atoms with Crippen LogP contribution < -0.4 is 0 Å². The summed E-state index contributed by atoms with van der Waals surface area (Å²) in [6, 6.07) is 28.4. The maximum absolute atomic E-state index is 11.1. The van der Waals surface area contributed by atoms with Crippen LogP contribution in [0.15, 0.2) is 85.1 Å². The van der Waals surface area contributed by atoms with Gasteiger partial charge in [-0.05, 0) is 68.3 Å². The third-order valence-electron chi connectivity index (χ3n) is 7.54. The molecule has 42 heavy (non-hydrogen) atoms. The molecule has 0 aliphatic heterocycles. The number of rotatable bonds is 3. The first kappa shape index (κ1) is 25.9. The van der Waals surface area contributed by atoms with Crippen LogP contribution in [0.2, 0.25) is 0 Å². The molecule has 0 fully saturated rings. The van der Waals surface area contributed by atoms with E-state index in [0.29, 0.717) is 17.0 Å². The summed E-state index contributed by atoms with van der Waals surface area (Å²) < 4.78 is 26.4. The number of phenolic OH excluding ortho intramolecular Hbond substituents is 1. The van der Waals surface area contributed by atoms with Crippen LogP contribution in [0.5, 0.6) is 5.75 Å². The first-order valence-corrected chi connectivity index (χ1v) is 13.9. The molecule has 0 aliphatic carbocycles. The van der Waals surface area contributed by atoms with Crippen molar-refractivity contribution in [2.45, 2.75) is 59.3 Å². The van der Waals surface area contributed by atoms with E-state index in [0.717, 1.165) is 44.2 Å². The minimum Gasteiger partial charge on any atom is -0.507 e. The molecule has 0 unspecified atom stereocenters. The van der Waals surface area contributed by atoms with Gasteiger partial charge in [0.25, 0.3) is 0 Å². The monoisotopic (exact) mass is 736 g/mol. The van der Waals surface area contributed by atoms with Gasteiger partial charge in [-0.25, -0.2) is 4.98 Å². The van der Waals surface area contributed by atoms with Gasteiger partial charge in [-0.2, -0.15) is 0 Å². The van der Waals surface area contributed by atoms with Crippen molar-refractivity contribution < 1.29 is 30.3 Å². The van der Waals surface area contributed by atoms with E-state index in [9.17, 15) is 5.11 Å². The van der Waals surface area contributed by atoms with E-state index < -0.39 is 6.85 Å². The number of nitrogens with zero attached hydrogens (tertiary/aromatic N) is 3. The summed E-state index contributed by atoms with van der Waals surface area (Å²) in [4.78, 5) is 9.80. The molecule has 4 nitrogen and oxygen atoms in total. The van der Waals surface area contributed by atoms with E-state index in [1.165, 1.54) is 0 Å². The van der Waals surface area contributed by atoms with E-state index in [4.69, 9.17) is 9.10 Å². The van der Waals surface area contributed by atoms with Crippen LogP contribution >= 0.6 is 0 Å². The topological polar surface area (TPSA) is 50.9 Å². The Morgan fingerprint density at radius 1 is 0.786 bits per heavy atom. The van der Waals surface area contributed by atoms with Gasteiger partial charge in [0.2, 0.25) is 0 Å². The van der Waals surface area contributed by atoms with Crippen LogP contribution in [-0.2, 0) is 32.0 Å². The zero-order chi connectivity index (χ0) is 31.6. The van der Waals surface area contributed by atoms with Crippen molar-refractivity contribution >= 4 is 21.9 Å². The molecule has 0 spiro atoms. The molecule has 0 atom stereocenters. The molecule has 2 aromatic heterocycles. The van der Waals surface area contributed by atoms with Crippen LogP contribution in [0.25, 0.3) is 55.6 Å². The molecule has 4 aromatic carbocycles. The molecular weight excluding hydrogens is 698 g/mol. The van der Waals surface area contributed by atoms with Crippen molar-refractivity contribution in [3.8, 4) is 39.4 Å². The Bertz CT molecular complexity index is 2050. The molecule has 0 saturated carbocycles. The molecule has 1 N–H and O–H groups in total. The van der Waals surface area contributed by atoms with E-state index >= 15 is 0 Å². The van der Waals surface area contributed by atoms with Gasteiger partial charge in [-0.1, -0.05) is 73.9 Å². The normalized spacial score (nSPS) is 13.4. The average Bonchev–Trinajstić information content (AvgIpc) is 3.36. The summed E-state index contributed by atoms with van der Waals surface area (Å²) in [6.45, 7) is 10.6. The van der Waals surface area contributed by atoms with Gasteiger partial charge in [-0.15, -0.1) is 35.4 Å². The second-order valence-corrected chi connectivity index (χ2v) is 12.7. The second-order valence-electron chi connectivity index (χ2n) is 12.7. The van der Waals surface area contributed by atoms with Crippen molar-refractivity contribution in [1.82, 2.24) is 14.5 Å². The Morgan fingerprint density at radius 3 is 2.24 bits per heavy atom. The number of benzene rings is 4. The van der Waals surface area contributed by atoms with Gasteiger partial charge < -0.3 is 9.67 Å². The first-order chi connectivity index (χ1) is 20.6. The quantitative estimate of drug-likeness (QED) is 0.184. The largest absolute Gasteiger partial charge is 0.507 e. The Labute approximate surface area is 267 Å². The van der Waals surface area contributed by atoms with E-state index in [1.54, 1.807) is 24.4 Å². The number of aromatic nitrogens is 3. The van der Waals surface area contributed by atoms with Crippen molar-refractivity contribution in [2.24, 2.45) is 0 Å². The Morgan fingerprint density at radius 2 is 1.52 bits per heavy atom. The number of phenols is 1. The minimum atomic E-state index is -2.26. The second kappa shape index (κ2) is 10.8. The summed E-state index contributed by atoms with van der Waals surface area (Å²) in [6.07, 6.45) is 1.72. The summed E-state index contributed by atoms with van der Waals surface area (Å²) in [5.74, 6) is 0.878. The van der Waals surface area contributed by atoms with E-state index in [-0.39, 0.29) is 43.3 Å². The number of hydrogen-bond acceptors (Lipinski definition) is 3. The maximum atomic E-state index is 11.1. The van der Waals surface area contributed by atoms with Gasteiger partial charge in [0.1, 0.15) is 11.6 Å². The van der Waals surface area contributed by atoms with Crippen LogP contribution in [0, 0.1) is 12.9 Å². The predicted octanol–water partition coefficient (Wildman–Crippen LogP) is 9.45. The van der Waals surface area contributed by atoms with Crippen molar-refractivity contribution in [1.29, 1.82) is 0 Å². The number of hydrogen-bond donors (Lipinski definition) is 1. The summed E-state index contributed by atoms with van der Waals surface area (Å²) in [5, 5.41) is 11.8. The molecule has 0 amide bonds. The summed E-state index contributed by atoms with van der Waals surface area (Å²) >= 11 is 0. The van der Waals surface area contributed by atoms with Crippen LogP contribution in [0.4, 0.5) is 0 Å². The molecule has 6 rings (SSSR count). The Hall–Kier alpha value is -3.75. The van der Waals surface area contributed by atoms with Crippen LogP contribution in [0.3, 0.4) is 0 Å². The first-order valence-electron chi connectivity index (χ1n) is 15.4. The predicted molar refractivity (Wildman–Crippen MR) is 170 cm³/mol. The standard InChI is InChI=1S/C37H36N3O.Pt/c1-23-19-26-13-10-18-38-33(26)29(20-23)25-12-8-11-24(21-25)28-14-9-15-31-34(28)39-35(40(31)37(5,6)7)30-22-27(36(2,3)4)16-17-32(30)41;/h8-20,22,41H,1-7H3;/q-1;/i1D3;. The fourth-order valence-electron chi connectivity index (χ4n) is 5.54. The third-order valence-corrected chi connectivity index (χ3v) is 7.54. The number of aromatic hydroxyl groups is 1. The molecule has 216 valence electrons. The third kappa shape index (κ3) is 5.29. The molecule has 0 aliphatic rings. The Balaban J connectivity index is 0.00000400. The van der Waals surface area contributed by atoms with Gasteiger partial charge in [0.15, 0.2) is 0 Å². The van der Waals surface area contributed by atoms with E-state index in [1.807, 2.05) is 54.6 Å². The van der Waals surface area contributed by atoms with Crippen molar-refractivity contribution in [3.05, 3.63) is 102 Å². The summed E-state index contributed by atoms with van der Waals surface area (Å²) in [7, 11) is 0. The van der Waals surface area contributed by atoms with Gasteiger partial charge in [0.05, 0.1) is 16.6 Å². The average molecular weight is 737 g/mol. The van der Waals surface area contributed by atoms with Gasteiger partial charge in [-0.3, -0.25) is 4.98 Å². The number of pyridine rings is 1. The fraction of sp³-hybridized carbons (Fsp3) is 0.243. The maximum Gasteiger partial charge on any atom is 0.144 e. The molecule has 5 heteroatoms. The number of aryl methyl sites for hydroxylation is 1. The number of imidazole rings is 1. The van der Waals surface area contributed by atoms with Crippen molar-refractivity contribution in [2.75, 3.05) is 0 Å². The molecule has 0 bridgehead atoms. The molecule has 0 saturated heterocycles. The number of para-hydroxylation sites is 1. The molecule has 0 radical (unpaired) electrons. The molecule has 2 heterocycles. The zero-order valence-electron chi connectivity index (χ0n) is 27.7. The van der Waals surface area contributed by atoms with Gasteiger partial charge in [0, 0.05) is 42.4 Å². The van der Waals surface area contributed by atoms with E-state index in [2.05, 4.69) is 63.2 Å². The Kier molecular flexibility index (Phi) is 6.68. The SMILES string of the molecule is [2H]C([2H])([2H])c1cc(-c2[c-]c(-c3cccc4c3nc(-c3cc(C(C)(C)C)ccc3O)n4C(C)(C)C)ccc2)c2ncccc2c1.[Pt]. The minimum absolute atomic E-state index is 0. The summed E-state index contributed by atoms with van der Waals surface area (Å²) in [5.41, 5.74) is 7.28. The van der Waals surface area contributed by atoms with Crippen LogP contribution in [-0.4, -0.2) is 19.6 Å². The van der Waals surface area contributed by atoms with Crippen molar-refractivity contribution in [3.63, 3.8) is 0 Å². The van der Waals surface area contributed by atoms with Crippen LogP contribution in [0.1, 0.15) is 56.8 Å². The molecular formula is C37H36N3OPt-. The molecule has 6 aromatic rings. The number of fused-ring (bicyclic) bond motifs is 2. The zero-order valence-corrected chi connectivity index (χ0v) is 27.0. The fourth-order valence-corrected chi connectivity index (χ4v) is 5.54.